The summed E-state index contributed by atoms with van der Waals surface area (Å²) in [4.78, 5) is 30.1. The number of ketones is 1. The van der Waals surface area contributed by atoms with Crippen molar-refractivity contribution in [2.24, 2.45) is 0 Å². The van der Waals surface area contributed by atoms with Gasteiger partial charge in [0.1, 0.15) is 18.2 Å². The second-order valence-corrected chi connectivity index (χ2v) is 7.11. The van der Waals surface area contributed by atoms with Crippen molar-refractivity contribution in [3.05, 3.63) is 71.6 Å². The van der Waals surface area contributed by atoms with Crippen LogP contribution < -0.4 is 0 Å². The molecule has 30 heavy (non-hydrogen) atoms. The Morgan fingerprint density at radius 2 is 1.97 bits per heavy atom. The van der Waals surface area contributed by atoms with Gasteiger partial charge in [-0.1, -0.05) is 29.4 Å². The zero-order chi connectivity index (χ0) is 20.7. The molecular formula is C22H18N4O4. The van der Waals surface area contributed by atoms with Crippen molar-refractivity contribution in [1.29, 1.82) is 0 Å². The second-order valence-electron chi connectivity index (χ2n) is 7.11. The van der Waals surface area contributed by atoms with E-state index in [1.165, 1.54) is 6.33 Å². The molecule has 0 saturated heterocycles. The van der Waals surface area contributed by atoms with Gasteiger partial charge < -0.3 is 9.26 Å². The second kappa shape index (κ2) is 7.22. The molecule has 0 atom stereocenters. The fourth-order valence-corrected chi connectivity index (χ4v) is 3.63. The topological polar surface area (TPSA) is 100 Å². The van der Waals surface area contributed by atoms with Crippen molar-refractivity contribution < 1.29 is 18.8 Å². The molecule has 1 aliphatic rings. The van der Waals surface area contributed by atoms with Crippen molar-refractivity contribution >= 4 is 22.5 Å². The minimum Gasteiger partial charge on any atom is -0.461 e. The summed E-state index contributed by atoms with van der Waals surface area (Å²) >= 11 is 0. The molecule has 1 saturated carbocycles. The van der Waals surface area contributed by atoms with Crippen LogP contribution in [-0.2, 0) is 4.74 Å². The number of esters is 1. The molecule has 0 radical (unpaired) electrons. The fourth-order valence-electron chi connectivity index (χ4n) is 3.63. The van der Waals surface area contributed by atoms with Gasteiger partial charge in [-0.25, -0.2) is 14.5 Å². The number of hydrogen-bond acceptors (Lipinski definition) is 7. The van der Waals surface area contributed by atoms with Crippen LogP contribution in [0.25, 0.3) is 16.5 Å². The molecule has 5 rings (SSSR count). The van der Waals surface area contributed by atoms with Gasteiger partial charge in [-0.15, -0.1) is 0 Å². The molecule has 0 amide bonds. The summed E-state index contributed by atoms with van der Waals surface area (Å²) in [6.45, 7) is 1.89. The number of hydrogen-bond donors (Lipinski definition) is 0. The van der Waals surface area contributed by atoms with Gasteiger partial charge in [0.15, 0.2) is 11.5 Å². The number of nitrogens with zero attached hydrogens (tertiary/aromatic N) is 4. The van der Waals surface area contributed by atoms with E-state index in [2.05, 4.69) is 15.2 Å². The molecule has 2 heterocycles. The SMILES string of the molecule is CCOC(=O)c1noc(C2CC2)c1C(=O)c1ccc(-n2cncn2)c2ccccc12. The lowest BCUT2D eigenvalue weighted by atomic mass is 9.94. The Bertz CT molecular complexity index is 1260. The van der Waals surface area contributed by atoms with Crippen molar-refractivity contribution in [1.82, 2.24) is 19.9 Å². The molecule has 1 fully saturated rings. The third-order valence-electron chi connectivity index (χ3n) is 5.17. The van der Waals surface area contributed by atoms with Crippen LogP contribution in [0.5, 0.6) is 0 Å². The van der Waals surface area contributed by atoms with E-state index in [4.69, 9.17) is 9.26 Å². The van der Waals surface area contributed by atoms with Gasteiger partial charge in [-0.2, -0.15) is 5.10 Å². The average Bonchev–Trinajstić information content (AvgIpc) is 3.28. The maximum absolute atomic E-state index is 13.7. The number of carbonyl (C=O) groups excluding carboxylic acids is 2. The molecule has 0 N–H and O–H groups in total. The van der Waals surface area contributed by atoms with E-state index in [-0.39, 0.29) is 29.6 Å². The lowest BCUT2D eigenvalue weighted by molar-refractivity contribution is 0.0512. The first-order chi connectivity index (χ1) is 14.7. The van der Waals surface area contributed by atoms with E-state index < -0.39 is 5.97 Å². The summed E-state index contributed by atoms with van der Waals surface area (Å²) in [6.07, 6.45) is 4.87. The van der Waals surface area contributed by atoms with Gasteiger partial charge >= 0.3 is 5.97 Å². The molecular weight excluding hydrogens is 384 g/mol. The third-order valence-corrected chi connectivity index (χ3v) is 5.17. The smallest absolute Gasteiger partial charge is 0.361 e. The Morgan fingerprint density at radius 3 is 2.67 bits per heavy atom. The van der Waals surface area contributed by atoms with Crippen molar-refractivity contribution in [2.75, 3.05) is 6.61 Å². The highest BCUT2D eigenvalue weighted by Gasteiger charge is 2.37. The van der Waals surface area contributed by atoms with Gasteiger partial charge in [0, 0.05) is 16.9 Å². The van der Waals surface area contributed by atoms with Crippen LogP contribution in [0.4, 0.5) is 0 Å². The minimum absolute atomic E-state index is 0.0619. The Labute approximate surface area is 171 Å². The van der Waals surface area contributed by atoms with E-state index in [1.54, 1.807) is 24.0 Å². The van der Waals surface area contributed by atoms with Crippen molar-refractivity contribution in [2.45, 2.75) is 25.7 Å². The van der Waals surface area contributed by atoms with E-state index in [0.29, 0.717) is 11.3 Å². The van der Waals surface area contributed by atoms with Crippen LogP contribution in [0.1, 0.15) is 57.9 Å². The number of rotatable bonds is 6. The van der Waals surface area contributed by atoms with Gasteiger partial charge in [-0.3, -0.25) is 4.79 Å². The molecule has 0 spiro atoms. The largest absolute Gasteiger partial charge is 0.461 e. The standard InChI is InChI=1S/C22H18N4O4/c1-2-29-22(28)19-18(21(30-25-19)13-7-8-13)20(27)16-9-10-17(26-12-23-11-24-26)15-6-4-3-5-14(15)16/h3-6,9-13H,2,7-8H2,1H3. The summed E-state index contributed by atoms with van der Waals surface area (Å²) < 4.78 is 12.2. The number of ether oxygens (including phenoxy) is 1. The zero-order valence-corrected chi connectivity index (χ0v) is 16.2. The van der Waals surface area contributed by atoms with E-state index >= 15 is 0 Å². The van der Waals surface area contributed by atoms with Crippen LogP contribution in [0.3, 0.4) is 0 Å². The highest BCUT2D eigenvalue weighted by molar-refractivity contribution is 6.20. The Morgan fingerprint density at radius 1 is 1.17 bits per heavy atom. The number of aromatic nitrogens is 4. The van der Waals surface area contributed by atoms with Crippen LogP contribution in [-0.4, -0.2) is 38.3 Å². The first-order valence-corrected chi connectivity index (χ1v) is 9.77. The highest BCUT2D eigenvalue weighted by atomic mass is 16.5. The zero-order valence-electron chi connectivity index (χ0n) is 16.2. The molecule has 8 nitrogen and oxygen atoms in total. The van der Waals surface area contributed by atoms with E-state index in [0.717, 1.165) is 29.3 Å². The van der Waals surface area contributed by atoms with Gasteiger partial charge in [0.25, 0.3) is 0 Å². The molecule has 150 valence electrons. The molecule has 0 bridgehead atoms. The molecule has 2 aromatic heterocycles. The fraction of sp³-hybridized carbons (Fsp3) is 0.227. The Kier molecular flexibility index (Phi) is 4.39. The van der Waals surface area contributed by atoms with Gasteiger partial charge in [0.05, 0.1) is 12.3 Å². The molecule has 8 heteroatoms. The van der Waals surface area contributed by atoms with Crippen molar-refractivity contribution in [3.8, 4) is 5.69 Å². The highest BCUT2D eigenvalue weighted by Crippen LogP contribution is 2.43. The number of fused-ring (bicyclic) bond motifs is 1. The average molecular weight is 402 g/mol. The number of benzene rings is 2. The third kappa shape index (κ3) is 2.97. The monoisotopic (exact) mass is 402 g/mol. The predicted octanol–water partition coefficient (Wildman–Crippen LogP) is 3.69. The van der Waals surface area contributed by atoms with Crippen molar-refractivity contribution in [3.63, 3.8) is 0 Å². The molecule has 4 aromatic rings. The quantitative estimate of drug-likeness (QED) is 0.358. The van der Waals surface area contributed by atoms with E-state index in [1.807, 2.05) is 30.3 Å². The summed E-state index contributed by atoms with van der Waals surface area (Å²) in [5.41, 5.74) is 1.41. The predicted molar refractivity (Wildman–Crippen MR) is 107 cm³/mol. The Balaban J connectivity index is 1.67. The van der Waals surface area contributed by atoms with Gasteiger partial charge in [0.2, 0.25) is 5.69 Å². The number of carbonyl (C=O) groups is 2. The first kappa shape index (κ1) is 18.2. The normalized spacial score (nSPS) is 13.5. The summed E-state index contributed by atoms with van der Waals surface area (Å²) in [6, 6.07) is 11.1. The lowest BCUT2D eigenvalue weighted by Gasteiger charge is -2.11. The summed E-state index contributed by atoms with van der Waals surface area (Å²) in [5, 5.41) is 9.67. The molecule has 1 aliphatic carbocycles. The lowest BCUT2D eigenvalue weighted by Crippen LogP contribution is -2.13. The first-order valence-electron chi connectivity index (χ1n) is 9.77. The van der Waals surface area contributed by atoms with Crippen LogP contribution in [0.2, 0.25) is 0 Å². The van der Waals surface area contributed by atoms with Gasteiger partial charge in [-0.05, 0) is 37.3 Å². The minimum atomic E-state index is -0.653. The maximum atomic E-state index is 13.7. The maximum Gasteiger partial charge on any atom is 0.361 e. The molecule has 0 unspecified atom stereocenters. The summed E-state index contributed by atoms with van der Waals surface area (Å²) in [7, 11) is 0. The Hall–Kier alpha value is -3.81. The van der Waals surface area contributed by atoms with E-state index in [9.17, 15) is 9.59 Å². The van der Waals surface area contributed by atoms with Crippen LogP contribution in [0, 0.1) is 0 Å². The van der Waals surface area contributed by atoms with Crippen LogP contribution >= 0.6 is 0 Å². The molecule has 0 aliphatic heterocycles. The molecule has 2 aromatic carbocycles. The van der Waals surface area contributed by atoms with Crippen LogP contribution in [0.15, 0.2) is 53.6 Å². The summed E-state index contributed by atoms with van der Waals surface area (Å²) in [5.74, 6) is -0.379.